The Morgan fingerprint density at radius 3 is 2.55 bits per heavy atom. The molecule has 20 heavy (non-hydrogen) atoms. The van der Waals surface area contributed by atoms with Gasteiger partial charge >= 0.3 is 0 Å². The standard InChI is InChI=1S/C13H19N5S2/c1-5-7-10-16-11(14-6-2)8(3)12(17-10)19-13-15-9(4)18-20-13/h5-7H2,1-4H3,(H,14,16,17). The normalized spacial score (nSPS) is 10.8. The van der Waals surface area contributed by atoms with Crippen molar-refractivity contribution >= 4 is 29.1 Å². The van der Waals surface area contributed by atoms with E-state index in [4.69, 9.17) is 0 Å². The highest BCUT2D eigenvalue weighted by Gasteiger charge is 2.13. The molecule has 0 spiro atoms. The maximum absolute atomic E-state index is 4.66. The second-order valence-corrected chi connectivity index (χ2v) is 6.40. The number of anilines is 1. The minimum absolute atomic E-state index is 0.810. The molecule has 0 unspecified atom stereocenters. The summed E-state index contributed by atoms with van der Waals surface area (Å²) in [5.41, 5.74) is 1.07. The number of nitrogens with zero attached hydrogens (tertiary/aromatic N) is 4. The first-order chi connectivity index (χ1) is 9.63. The number of rotatable bonds is 6. The van der Waals surface area contributed by atoms with Crippen molar-refractivity contribution in [1.82, 2.24) is 19.3 Å². The van der Waals surface area contributed by atoms with Crippen molar-refractivity contribution in [1.29, 1.82) is 0 Å². The van der Waals surface area contributed by atoms with Crippen LogP contribution in [0.1, 0.15) is 37.5 Å². The van der Waals surface area contributed by atoms with Crippen LogP contribution in [0, 0.1) is 13.8 Å². The Morgan fingerprint density at radius 2 is 1.95 bits per heavy atom. The third-order valence-corrected chi connectivity index (χ3v) is 4.59. The lowest BCUT2D eigenvalue weighted by Crippen LogP contribution is -2.07. The largest absolute Gasteiger partial charge is 0.370 e. The Kier molecular flexibility index (Phi) is 5.31. The van der Waals surface area contributed by atoms with Gasteiger partial charge in [0.15, 0.2) is 4.34 Å². The third kappa shape index (κ3) is 3.67. The summed E-state index contributed by atoms with van der Waals surface area (Å²) in [6, 6.07) is 0. The van der Waals surface area contributed by atoms with Crippen molar-refractivity contribution in [3.63, 3.8) is 0 Å². The molecule has 108 valence electrons. The minimum atomic E-state index is 0.810. The SMILES string of the molecule is CCCc1nc(NCC)c(C)c(Sc2nc(C)ns2)n1. The molecule has 2 aromatic rings. The van der Waals surface area contributed by atoms with Gasteiger partial charge in [0.25, 0.3) is 0 Å². The second-order valence-electron chi connectivity index (χ2n) is 4.41. The van der Waals surface area contributed by atoms with Crippen molar-refractivity contribution in [3.05, 3.63) is 17.2 Å². The molecule has 0 amide bonds. The molecule has 0 saturated carbocycles. The van der Waals surface area contributed by atoms with Crippen molar-refractivity contribution in [3.8, 4) is 0 Å². The van der Waals surface area contributed by atoms with E-state index in [0.717, 1.165) is 51.8 Å². The van der Waals surface area contributed by atoms with Crippen LogP contribution in [0.2, 0.25) is 0 Å². The molecule has 2 heterocycles. The molecule has 0 aliphatic carbocycles. The zero-order valence-electron chi connectivity index (χ0n) is 12.2. The molecule has 0 fully saturated rings. The third-order valence-electron chi connectivity index (χ3n) is 2.66. The topological polar surface area (TPSA) is 63.6 Å². The summed E-state index contributed by atoms with van der Waals surface area (Å²) in [5, 5.41) is 4.28. The predicted molar refractivity (Wildman–Crippen MR) is 83.7 cm³/mol. The molecule has 0 aliphatic heterocycles. The minimum Gasteiger partial charge on any atom is -0.370 e. The summed E-state index contributed by atoms with van der Waals surface area (Å²) >= 11 is 2.98. The molecule has 0 saturated heterocycles. The fourth-order valence-electron chi connectivity index (χ4n) is 1.72. The van der Waals surface area contributed by atoms with Crippen LogP contribution in [0.15, 0.2) is 9.37 Å². The quantitative estimate of drug-likeness (QED) is 0.824. The van der Waals surface area contributed by atoms with Gasteiger partial charge in [-0.05, 0) is 50.5 Å². The first-order valence-electron chi connectivity index (χ1n) is 6.73. The van der Waals surface area contributed by atoms with Crippen LogP contribution in [0.3, 0.4) is 0 Å². The fourth-order valence-corrected chi connectivity index (χ4v) is 3.38. The van der Waals surface area contributed by atoms with E-state index in [0.29, 0.717) is 0 Å². The van der Waals surface area contributed by atoms with Crippen LogP contribution in [0.25, 0.3) is 0 Å². The summed E-state index contributed by atoms with van der Waals surface area (Å²) in [5.74, 6) is 2.62. The molecule has 2 aromatic heterocycles. The Morgan fingerprint density at radius 1 is 1.15 bits per heavy atom. The van der Waals surface area contributed by atoms with Crippen molar-refractivity contribution < 1.29 is 0 Å². The van der Waals surface area contributed by atoms with E-state index < -0.39 is 0 Å². The molecule has 0 aliphatic rings. The van der Waals surface area contributed by atoms with Crippen LogP contribution < -0.4 is 5.32 Å². The highest BCUT2D eigenvalue weighted by Crippen LogP contribution is 2.32. The summed E-state index contributed by atoms with van der Waals surface area (Å²) < 4.78 is 5.14. The first kappa shape index (κ1) is 15.2. The van der Waals surface area contributed by atoms with Gasteiger partial charge in [-0.3, -0.25) is 0 Å². The molecular formula is C13H19N5S2. The van der Waals surface area contributed by atoms with E-state index in [1.807, 2.05) is 13.8 Å². The monoisotopic (exact) mass is 309 g/mol. The van der Waals surface area contributed by atoms with E-state index in [2.05, 4.69) is 38.5 Å². The number of aryl methyl sites for hydroxylation is 2. The lowest BCUT2D eigenvalue weighted by molar-refractivity contribution is 0.802. The van der Waals surface area contributed by atoms with Crippen LogP contribution in [0.5, 0.6) is 0 Å². The number of hydrogen-bond acceptors (Lipinski definition) is 7. The molecule has 1 N–H and O–H groups in total. The summed E-state index contributed by atoms with van der Waals surface area (Å²) in [4.78, 5) is 13.6. The van der Waals surface area contributed by atoms with E-state index in [1.54, 1.807) is 11.8 Å². The van der Waals surface area contributed by atoms with Gasteiger partial charge in [-0.2, -0.15) is 4.37 Å². The van der Waals surface area contributed by atoms with Crippen molar-refractivity contribution in [2.24, 2.45) is 0 Å². The lowest BCUT2D eigenvalue weighted by atomic mass is 10.3. The number of nitrogens with one attached hydrogen (secondary N) is 1. The van der Waals surface area contributed by atoms with Crippen LogP contribution >= 0.6 is 23.3 Å². The van der Waals surface area contributed by atoms with Crippen molar-refractivity contribution in [2.75, 3.05) is 11.9 Å². The van der Waals surface area contributed by atoms with Crippen LogP contribution in [-0.2, 0) is 6.42 Å². The Hall–Kier alpha value is -1.21. The maximum Gasteiger partial charge on any atom is 0.176 e. The first-order valence-corrected chi connectivity index (χ1v) is 8.32. The van der Waals surface area contributed by atoms with E-state index in [1.165, 1.54) is 11.5 Å². The molecule has 5 nitrogen and oxygen atoms in total. The summed E-state index contributed by atoms with van der Waals surface area (Å²) in [6.45, 7) is 9.01. The van der Waals surface area contributed by atoms with Gasteiger partial charge in [-0.1, -0.05) is 6.92 Å². The van der Waals surface area contributed by atoms with Gasteiger partial charge in [0, 0.05) is 18.5 Å². The maximum atomic E-state index is 4.66. The molecular weight excluding hydrogens is 290 g/mol. The van der Waals surface area contributed by atoms with E-state index >= 15 is 0 Å². The van der Waals surface area contributed by atoms with Gasteiger partial charge < -0.3 is 5.32 Å². The highest BCUT2D eigenvalue weighted by atomic mass is 32.2. The van der Waals surface area contributed by atoms with E-state index in [9.17, 15) is 0 Å². The average molecular weight is 309 g/mol. The summed E-state index contributed by atoms with van der Waals surface area (Å²) in [7, 11) is 0. The summed E-state index contributed by atoms with van der Waals surface area (Å²) in [6.07, 6.45) is 1.93. The fraction of sp³-hybridized carbons (Fsp3) is 0.538. The molecule has 2 rings (SSSR count). The van der Waals surface area contributed by atoms with Gasteiger partial charge in [0.05, 0.1) is 0 Å². The van der Waals surface area contributed by atoms with Gasteiger partial charge in [0.2, 0.25) is 0 Å². The molecule has 0 atom stereocenters. The zero-order chi connectivity index (χ0) is 14.5. The molecule has 0 bridgehead atoms. The molecule has 0 aromatic carbocycles. The Bertz CT molecular complexity index is 582. The van der Waals surface area contributed by atoms with E-state index in [-0.39, 0.29) is 0 Å². The average Bonchev–Trinajstić information content (AvgIpc) is 2.81. The Balaban J connectivity index is 2.33. The molecule has 0 radical (unpaired) electrons. The second kappa shape index (κ2) is 6.99. The number of hydrogen-bond donors (Lipinski definition) is 1. The number of aromatic nitrogens is 4. The predicted octanol–water partition coefficient (Wildman–Crippen LogP) is 3.48. The zero-order valence-corrected chi connectivity index (χ0v) is 13.9. The van der Waals surface area contributed by atoms with Crippen LogP contribution in [-0.4, -0.2) is 25.9 Å². The smallest absolute Gasteiger partial charge is 0.176 e. The molecule has 7 heteroatoms. The van der Waals surface area contributed by atoms with Gasteiger partial charge in [0.1, 0.15) is 22.5 Å². The van der Waals surface area contributed by atoms with Gasteiger partial charge in [-0.25, -0.2) is 15.0 Å². The lowest BCUT2D eigenvalue weighted by Gasteiger charge is -2.11. The van der Waals surface area contributed by atoms with Gasteiger partial charge in [-0.15, -0.1) is 0 Å². The highest BCUT2D eigenvalue weighted by molar-refractivity contribution is 8.00. The van der Waals surface area contributed by atoms with Crippen LogP contribution in [0.4, 0.5) is 5.82 Å². The van der Waals surface area contributed by atoms with Crippen molar-refractivity contribution in [2.45, 2.75) is 49.9 Å². The Labute approximate surface area is 127 Å².